The van der Waals surface area contributed by atoms with E-state index in [-0.39, 0.29) is 30.1 Å². The van der Waals surface area contributed by atoms with Crippen molar-refractivity contribution < 1.29 is 9.18 Å². The fourth-order valence-corrected chi connectivity index (χ4v) is 2.24. The van der Waals surface area contributed by atoms with Crippen LogP contribution in [0.4, 0.5) is 4.39 Å². The smallest absolute Gasteiger partial charge is 0.224 e. The van der Waals surface area contributed by atoms with Crippen molar-refractivity contribution in [2.75, 3.05) is 6.54 Å². The maximum absolute atomic E-state index is 13.5. The van der Waals surface area contributed by atoms with Crippen LogP contribution >= 0.6 is 0 Å². The molecule has 2 unspecified atom stereocenters. The van der Waals surface area contributed by atoms with E-state index in [4.69, 9.17) is 5.26 Å². The van der Waals surface area contributed by atoms with Crippen LogP contribution in [0.5, 0.6) is 0 Å². The summed E-state index contributed by atoms with van der Waals surface area (Å²) < 4.78 is 13.5. The Hall–Kier alpha value is -1.89. The topological polar surface area (TPSA) is 44.1 Å². The van der Waals surface area contributed by atoms with Gasteiger partial charge < -0.3 is 4.90 Å². The lowest BCUT2D eigenvalue weighted by atomic mass is 10.0. The maximum Gasteiger partial charge on any atom is 0.224 e. The Morgan fingerprint density at radius 1 is 1.56 bits per heavy atom. The molecule has 0 aliphatic carbocycles. The highest BCUT2D eigenvalue weighted by atomic mass is 19.1. The van der Waals surface area contributed by atoms with Crippen LogP contribution in [0.3, 0.4) is 0 Å². The highest BCUT2D eigenvalue weighted by Crippen LogP contribution is 2.28. The first kappa shape index (κ1) is 12.6. The quantitative estimate of drug-likeness (QED) is 0.805. The zero-order valence-electron chi connectivity index (χ0n) is 10.5. The molecule has 2 atom stereocenters. The lowest BCUT2D eigenvalue weighted by molar-refractivity contribution is -0.129. The van der Waals surface area contributed by atoms with Gasteiger partial charge in [-0.15, -0.1) is 0 Å². The number of hydrogen-bond acceptors (Lipinski definition) is 2. The van der Waals surface area contributed by atoms with Crippen molar-refractivity contribution in [1.29, 1.82) is 5.26 Å². The number of carbonyl (C=O) groups is 1. The first-order valence-corrected chi connectivity index (χ1v) is 5.98. The molecule has 1 aliphatic rings. The molecule has 0 radical (unpaired) electrons. The molecule has 0 saturated carbocycles. The van der Waals surface area contributed by atoms with E-state index in [1.807, 2.05) is 13.0 Å². The van der Waals surface area contributed by atoms with E-state index < -0.39 is 0 Å². The fraction of sp³-hybridized carbons (Fsp3) is 0.429. The average molecular weight is 246 g/mol. The van der Waals surface area contributed by atoms with Gasteiger partial charge in [0, 0.05) is 13.0 Å². The normalized spacial score (nSPS) is 20.9. The van der Waals surface area contributed by atoms with Gasteiger partial charge >= 0.3 is 0 Å². The minimum absolute atomic E-state index is 0.0324. The molecule has 1 heterocycles. The molecule has 3 nitrogen and oxygen atoms in total. The summed E-state index contributed by atoms with van der Waals surface area (Å²) in [5.41, 5.74) is 1.36. The predicted octanol–water partition coefficient (Wildman–Crippen LogP) is 2.57. The van der Waals surface area contributed by atoms with Gasteiger partial charge in [0.2, 0.25) is 5.91 Å². The second kappa shape index (κ2) is 4.77. The highest BCUT2D eigenvalue weighted by molar-refractivity contribution is 5.79. The molecular weight excluding hydrogens is 231 g/mol. The molecule has 1 aromatic rings. The molecule has 0 N–H and O–H groups in total. The van der Waals surface area contributed by atoms with Crippen molar-refractivity contribution in [3.8, 4) is 6.07 Å². The second-order valence-corrected chi connectivity index (χ2v) is 4.76. The highest BCUT2D eigenvalue weighted by Gasteiger charge is 2.33. The molecule has 0 spiro atoms. The number of amides is 1. The summed E-state index contributed by atoms with van der Waals surface area (Å²) in [4.78, 5) is 13.4. The zero-order chi connectivity index (χ0) is 13.3. The van der Waals surface area contributed by atoms with Crippen LogP contribution < -0.4 is 0 Å². The summed E-state index contributed by atoms with van der Waals surface area (Å²) in [7, 11) is 0. The van der Waals surface area contributed by atoms with Gasteiger partial charge in [0.15, 0.2) is 0 Å². The van der Waals surface area contributed by atoms with Crippen molar-refractivity contribution in [1.82, 2.24) is 4.90 Å². The van der Waals surface area contributed by atoms with Gasteiger partial charge in [0.25, 0.3) is 0 Å². The number of carbonyl (C=O) groups excluding carboxylic acids is 1. The Bertz CT molecular complexity index is 521. The van der Waals surface area contributed by atoms with Gasteiger partial charge in [-0.2, -0.15) is 5.26 Å². The van der Waals surface area contributed by atoms with Gasteiger partial charge in [0.1, 0.15) is 5.82 Å². The summed E-state index contributed by atoms with van der Waals surface area (Å²) >= 11 is 0. The summed E-state index contributed by atoms with van der Waals surface area (Å²) in [6, 6.07) is 6.93. The van der Waals surface area contributed by atoms with E-state index in [1.165, 1.54) is 6.07 Å². The number of nitrogens with zero attached hydrogens (tertiary/aromatic N) is 2. The van der Waals surface area contributed by atoms with Crippen LogP contribution in [0.2, 0.25) is 0 Å². The zero-order valence-corrected chi connectivity index (χ0v) is 10.5. The van der Waals surface area contributed by atoms with Gasteiger partial charge in [-0.3, -0.25) is 4.79 Å². The Balaban J connectivity index is 2.21. The summed E-state index contributed by atoms with van der Waals surface area (Å²) in [5, 5.41) is 8.85. The van der Waals surface area contributed by atoms with E-state index in [1.54, 1.807) is 17.9 Å². The van der Waals surface area contributed by atoms with Crippen molar-refractivity contribution in [2.45, 2.75) is 26.3 Å². The first-order valence-electron chi connectivity index (χ1n) is 5.98. The molecule has 1 amide bonds. The van der Waals surface area contributed by atoms with E-state index >= 15 is 0 Å². The number of hydrogen-bond donors (Lipinski definition) is 0. The van der Waals surface area contributed by atoms with Crippen LogP contribution in [0.1, 0.15) is 30.5 Å². The third-order valence-corrected chi connectivity index (χ3v) is 3.49. The molecule has 1 saturated heterocycles. The minimum atomic E-state index is -0.261. The fourth-order valence-electron chi connectivity index (χ4n) is 2.24. The predicted molar refractivity (Wildman–Crippen MR) is 65.0 cm³/mol. The molecule has 1 aliphatic heterocycles. The molecule has 1 aromatic carbocycles. The van der Waals surface area contributed by atoms with Gasteiger partial charge in [-0.1, -0.05) is 12.1 Å². The monoisotopic (exact) mass is 246 g/mol. The molecule has 94 valence electrons. The number of rotatable bonds is 2. The summed E-state index contributed by atoms with van der Waals surface area (Å²) in [5.74, 6) is -0.534. The number of halogens is 1. The van der Waals surface area contributed by atoms with Gasteiger partial charge in [-0.05, 0) is 31.0 Å². The average Bonchev–Trinajstić information content (AvgIpc) is 2.73. The number of benzene rings is 1. The van der Waals surface area contributed by atoms with Crippen LogP contribution in [0.25, 0.3) is 0 Å². The minimum Gasteiger partial charge on any atom is -0.335 e. The first-order chi connectivity index (χ1) is 8.52. The molecule has 2 rings (SSSR count). The Morgan fingerprint density at radius 2 is 2.28 bits per heavy atom. The van der Waals surface area contributed by atoms with E-state index in [2.05, 4.69) is 6.07 Å². The molecule has 0 aromatic heterocycles. The SMILES string of the molecule is Cc1ccc(C(C)N2CC(C#N)CC2=O)cc1F. The van der Waals surface area contributed by atoms with Crippen molar-refractivity contribution in [3.05, 3.63) is 35.1 Å². The molecule has 18 heavy (non-hydrogen) atoms. The molecule has 1 fully saturated rings. The van der Waals surface area contributed by atoms with E-state index in [0.29, 0.717) is 12.1 Å². The van der Waals surface area contributed by atoms with Crippen LogP contribution in [-0.4, -0.2) is 17.4 Å². The number of aryl methyl sites for hydroxylation is 1. The van der Waals surface area contributed by atoms with Crippen molar-refractivity contribution >= 4 is 5.91 Å². The van der Waals surface area contributed by atoms with Crippen LogP contribution in [-0.2, 0) is 4.79 Å². The summed E-state index contributed by atoms with van der Waals surface area (Å²) in [6.07, 6.45) is 0.273. The van der Waals surface area contributed by atoms with E-state index in [9.17, 15) is 9.18 Å². The standard InChI is InChI=1S/C14H15FN2O/c1-9-3-4-12(6-13(9)15)10(2)17-8-11(7-16)5-14(17)18/h3-4,6,10-11H,5,8H2,1-2H3. The van der Waals surface area contributed by atoms with Gasteiger partial charge in [-0.25, -0.2) is 4.39 Å². The molecule has 0 bridgehead atoms. The third-order valence-electron chi connectivity index (χ3n) is 3.49. The molecular formula is C14H15FN2O. The largest absolute Gasteiger partial charge is 0.335 e. The van der Waals surface area contributed by atoms with Crippen molar-refractivity contribution in [3.63, 3.8) is 0 Å². The lowest BCUT2D eigenvalue weighted by Crippen LogP contribution is -2.28. The lowest BCUT2D eigenvalue weighted by Gasteiger charge is -2.25. The van der Waals surface area contributed by atoms with Crippen LogP contribution in [0.15, 0.2) is 18.2 Å². The Labute approximate surface area is 106 Å². The maximum atomic E-state index is 13.5. The van der Waals surface area contributed by atoms with Gasteiger partial charge in [0.05, 0.1) is 18.0 Å². The number of nitriles is 1. The van der Waals surface area contributed by atoms with Crippen molar-refractivity contribution in [2.24, 2.45) is 5.92 Å². The third kappa shape index (κ3) is 2.21. The Kier molecular flexibility index (Phi) is 3.33. The second-order valence-electron chi connectivity index (χ2n) is 4.76. The summed E-state index contributed by atoms with van der Waals surface area (Å²) in [6.45, 7) is 4.00. The van der Waals surface area contributed by atoms with E-state index in [0.717, 1.165) is 5.56 Å². The Morgan fingerprint density at radius 3 is 2.83 bits per heavy atom. The van der Waals surface area contributed by atoms with Crippen LogP contribution in [0, 0.1) is 30.0 Å². The number of likely N-dealkylation sites (tertiary alicyclic amines) is 1. The molecule has 4 heteroatoms.